The molecule has 24 valence electrons. The van der Waals surface area contributed by atoms with E-state index in [1.54, 1.807) is 0 Å². The van der Waals surface area contributed by atoms with Crippen molar-refractivity contribution in [1.82, 2.24) is 0 Å². The Morgan fingerprint density at radius 3 is 1.80 bits per heavy atom. The van der Waals surface area contributed by atoms with Crippen LogP contribution in [0.4, 0.5) is 0 Å². The summed E-state index contributed by atoms with van der Waals surface area (Å²) in [5.41, 5.74) is 5.03. The molecule has 2 N–H and O–H groups in total. The van der Waals surface area contributed by atoms with Crippen LogP contribution >= 0.6 is 0 Å². The highest BCUT2D eigenvalue weighted by Gasteiger charge is 1.67. The summed E-state index contributed by atoms with van der Waals surface area (Å²) >= 11 is 0. The van der Waals surface area contributed by atoms with Crippen LogP contribution in [0.1, 0.15) is 0 Å². The monoisotopic (exact) mass is 79.1 g/mol. The van der Waals surface area contributed by atoms with Crippen LogP contribution in [0.25, 0.3) is 0 Å². The van der Waals surface area contributed by atoms with E-state index in [9.17, 15) is 0 Å². The van der Waals surface area contributed by atoms with E-state index in [2.05, 4.69) is 7.74 Å². The molecule has 0 amide bonds. The largest absolute Gasteiger partial charge is 0.380 e. The van der Waals surface area contributed by atoms with Gasteiger partial charge in [-0.3, -0.25) is 0 Å². The lowest BCUT2D eigenvalue weighted by Crippen LogP contribution is -2.13. The molecule has 0 atom stereocenters. The summed E-state index contributed by atoms with van der Waals surface area (Å²) in [6.45, 7) is 0. The van der Waals surface area contributed by atoms with Crippen molar-refractivity contribution in [2.75, 3.05) is 0 Å². The maximum atomic E-state index is 5.03. The molecule has 5 heavy (non-hydrogen) atoms. The van der Waals surface area contributed by atoms with Crippen LogP contribution in [0.3, 0.4) is 0 Å². The molecule has 0 spiro atoms. The molecule has 0 unspecified atom stereocenters. The quantitative estimate of drug-likeness (QED) is 0.321. The first-order valence-corrected chi connectivity index (χ1v) is 1.62. The second-order valence-corrected chi connectivity index (χ2v) is 0.789. The second-order valence-electron chi connectivity index (χ2n) is 0.789. The third kappa shape index (κ3) is 11.4. The minimum absolute atomic E-state index is 0. The molecule has 0 bridgehead atoms. The number of nitrogens with two attached hydrogens (primary N) is 1. The van der Waals surface area contributed by atoms with Crippen LogP contribution in [0.15, 0.2) is 0 Å². The van der Waals surface area contributed by atoms with E-state index >= 15 is 0 Å². The second kappa shape index (κ2) is 8.87. The summed E-state index contributed by atoms with van der Waals surface area (Å²) in [7, 11) is 3.97. The van der Waals surface area contributed by atoms with Crippen molar-refractivity contribution in [2.24, 2.45) is 5.64 Å². The van der Waals surface area contributed by atoms with Crippen molar-refractivity contribution in [3.8, 4) is 0 Å². The Kier molecular flexibility index (Phi) is 16.5. The number of hydrogen-bond donors (Lipinski definition) is 1. The lowest BCUT2D eigenvalue weighted by atomic mass is 9.34. The van der Waals surface area contributed by atoms with Crippen LogP contribution in [0.5, 0.6) is 0 Å². The Bertz CT molecular complexity index is 8.85. The summed E-state index contributed by atoms with van der Waals surface area (Å²) < 4.78 is 0. The summed E-state index contributed by atoms with van der Waals surface area (Å²) in [5, 5.41) is 0. The molecule has 0 aromatic carbocycles. The topological polar surface area (TPSA) is 26.0 Å². The molecule has 0 saturated heterocycles. The van der Waals surface area contributed by atoms with Gasteiger partial charge in [-0.05, 0) is 0 Å². The molecular formula is H8B3MgN. The van der Waals surface area contributed by atoms with Gasteiger partial charge in [0.2, 0.25) is 0 Å². The molecule has 0 heterocycles. The predicted octanol–water partition coefficient (Wildman–Crippen LogP) is -3.72. The van der Waals surface area contributed by atoms with E-state index in [0.717, 1.165) is 14.4 Å². The Hall–Kier alpha value is 0.921. The zero-order chi connectivity index (χ0) is 3.41. The molecule has 0 rings (SSSR count). The maximum Gasteiger partial charge on any atom is 0.316 e. The fourth-order valence-electron chi connectivity index (χ4n) is 0. The van der Waals surface area contributed by atoms with Gasteiger partial charge in [-0.15, -0.1) is 0 Å². The summed E-state index contributed by atoms with van der Waals surface area (Å²) in [6.07, 6.45) is 0. The van der Waals surface area contributed by atoms with Crippen LogP contribution in [0, 0.1) is 0 Å². The van der Waals surface area contributed by atoms with Crippen molar-refractivity contribution < 1.29 is 0 Å². The minimum atomic E-state index is 0. The van der Waals surface area contributed by atoms with Gasteiger partial charge in [-0.25, -0.2) is 0 Å². The molecule has 5 heteroatoms. The van der Waals surface area contributed by atoms with Gasteiger partial charge < -0.3 is 5.64 Å². The van der Waals surface area contributed by atoms with E-state index in [-0.39, 0.29) is 23.1 Å². The molecule has 0 aliphatic heterocycles. The molecule has 0 aromatic rings. The minimum Gasteiger partial charge on any atom is -0.380 e. The zero-order valence-electron chi connectivity index (χ0n) is 2.99. The van der Waals surface area contributed by atoms with Gasteiger partial charge in [0.15, 0.2) is 0 Å². The Morgan fingerprint density at radius 2 is 1.80 bits per heavy atom. The van der Waals surface area contributed by atoms with E-state index in [1.807, 2.05) is 0 Å². The first kappa shape index (κ1) is 9.33. The Morgan fingerprint density at radius 1 is 1.60 bits per heavy atom. The molecule has 0 radical (unpaired) electrons. The van der Waals surface area contributed by atoms with Gasteiger partial charge in [0.25, 0.3) is 0 Å². The molecule has 0 aliphatic rings. The smallest absolute Gasteiger partial charge is 0.316 e. The SMILES string of the molecule is BBBN.[MgH2]. The third-order valence-corrected chi connectivity index (χ3v) is 0.289. The predicted molar refractivity (Wildman–Crippen MR) is 35.6 cm³/mol. The molecule has 0 saturated carbocycles. The Balaban J connectivity index is 0. The van der Waals surface area contributed by atoms with Crippen molar-refractivity contribution in [3.05, 3.63) is 0 Å². The summed E-state index contributed by atoms with van der Waals surface area (Å²) in [4.78, 5) is 0. The van der Waals surface area contributed by atoms with E-state index in [1.165, 1.54) is 0 Å². The summed E-state index contributed by atoms with van der Waals surface area (Å²) in [5.74, 6) is 0. The fraction of sp³-hybridized carbons (Fsp3) is 0. The fourth-order valence-corrected chi connectivity index (χ4v) is 0. The van der Waals surface area contributed by atoms with Crippen molar-refractivity contribution in [2.45, 2.75) is 0 Å². The average molecular weight is 78.8 g/mol. The molecule has 0 aliphatic carbocycles. The number of hydrogen-bond acceptors (Lipinski definition) is 1. The van der Waals surface area contributed by atoms with Gasteiger partial charge in [0, 0.05) is 0 Å². The lowest BCUT2D eigenvalue weighted by molar-refractivity contribution is 1.98. The van der Waals surface area contributed by atoms with Crippen molar-refractivity contribution in [1.29, 1.82) is 0 Å². The lowest BCUT2D eigenvalue weighted by Gasteiger charge is -1.60. The van der Waals surface area contributed by atoms with Crippen molar-refractivity contribution >= 4 is 45.2 Å². The highest BCUT2D eigenvalue weighted by atomic mass is 24.3. The van der Waals surface area contributed by atoms with Gasteiger partial charge in [-0.1, -0.05) is 0 Å². The standard InChI is InChI=1S/B3H6N.Mg.2H/c1-2-3-4;;;/h2-3H,1,4H2;;;. The van der Waals surface area contributed by atoms with E-state index in [0.29, 0.717) is 0 Å². The molecule has 0 aromatic heterocycles. The van der Waals surface area contributed by atoms with Gasteiger partial charge in [0.05, 0.1) is 14.8 Å². The maximum absolute atomic E-state index is 5.03. The van der Waals surface area contributed by atoms with Crippen LogP contribution < -0.4 is 5.64 Å². The van der Waals surface area contributed by atoms with Gasteiger partial charge >= 0.3 is 23.1 Å². The molecule has 1 nitrogen and oxygen atoms in total. The highest BCUT2D eigenvalue weighted by Crippen LogP contribution is 1.17. The van der Waals surface area contributed by atoms with Gasteiger partial charge in [-0.2, -0.15) is 0 Å². The van der Waals surface area contributed by atoms with Crippen LogP contribution in [-0.2, 0) is 0 Å². The third-order valence-electron chi connectivity index (χ3n) is 0.289. The summed E-state index contributed by atoms with van der Waals surface area (Å²) in [6, 6.07) is 0. The average Bonchev–Trinajstić information content (AvgIpc) is 1.37. The molecule has 0 fully saturated rings. The normalized spacial score (nSPS) is 4.20. The van der Waals surface area contributed by atoms with Crippen LogP contribution in [-0.4, -0.2) is 45.2 Å². The zero-order valence-corrected chi connectivity index (χ0v) is 2.99. The van der Waals surface area contributed by atoms with E-state index < -0.39 is 0 Å². The van der Waals surface area contributed by atoms with Crippen LogP contribution in [0.2, 0.25) is 0 Å². The highest BCUT2D eigenvalue weighted by molar-refractivity contribution is 7.22. The molecular weight excluding hydrogens is 70.7 g/mol. The number of rotatable bonds is 1. The van der Waals surface area contributed by atoms with E-state index in [4.69, 9.17) is 5.64 Å². The first-order chi connectivity index (χ1) is 1.91. The Labute approximate surface area is 51.1 Å². The van der Waals surface area contributed by atoms with Gasteiger partial charge in [0.1, 0.15) is 7.31 Å². The first-order valence-electron chi connectivity index (χ1n) is 1.62. The van der Waals surface area contributed by atoms with Crippen molar-refractivity contribution in [3.63, 3.8) is 0 Å².